The third-order valence-corrected chi connectivity index (χ3v) is 6.15. The molecule has 2 fully saturated rings. The lowest BCUT2D eigenvalue weighted by atomic mass is 9.97. The predicted octanol–water partition coefficient (Wildman–Crippen LogP) is 2.82. The second-order valence-corrected chi connectivity index (χ2v) is 7.94. The van der Waals surface area contributed by atoms with Crippen LogP contribution < -0.4 is 0 Å². The van der Waals surface area contributed by atoms with Crippen molar-refractivity contribution in [1.29, 1.82) is 0 Å². The number of hydrogen-bond acceptors (Lipinski definition) is 3. The van der Waals surface area contributed by atoms with Crippen molar-refractivity contribution in [1.82, 2.24) is 14.4 Å². The van der Waals surface area contributed by atoms with E-state index < -0.39 is 0 Å². The van der Waals surface area contributed by atoms with Crippen molar-refractivity contribution < 1.29 is 9.53 Å². The molecule has 0 radical (unpaired) electrons. The minimum atomic E-state index is 0.290. The standard InChI is InChI=1S/C22H31N3O2/c1-23-17-18(20-7-2-3-8-21(20)23)16-22(26)25-10-5-4-6-19(25)9-11-24-12-14-27-15-13-24/h2-3,7-8,17,19H,4-6,9-16H2,1H3/t19-/m0/s1. The molecule has 0 unspecified atom stereocenters. The number of aromatic nitrogens is 1. The molecule has 1 atom stereocenters. The summed E-state index contributed by atoms with van der Waals surface area (Å²) < 4.78 is 7.58. The maximum absolute atomic E-state index is 13.2. The Balaban J connectivity index is 1.42. The normalized spacial score (nSPS) is 21.7. The second kappa shape index (κ2) is 8.44. The Morgan fingerprint density at radius 3 is 2.81 bits per heavy atom. The van der Waals surface area contributed by atoms with Crippen LogP contribution in [-0.4, -0.2) is 65.7 Å². The highest BCUT2D eigenvalue weighted by atomic mass is 16.5. The van der Waals surface area contributed by atoms with Crippen LogP contribution in [0.1, 0.15) is 31.2 Å². The van der Waals surface area contributed by atoms with Crippen LogP contribution in [0.3, 0.4) is 0 Å². The van der Waals surface area contributed by atoms with E-state index in [1.165, 1.54) is 17.3 Å². The Hall–Kier alpha value is -1.85. The van der Waals surface area contributed by atoms with Gasteiger partial charge >= 0.3 is 0 Å². The van der Waals surface area contributed by atoms with Gasteiger partial charge in [-0.3, -0.25) is 9.69 Å². The summed E-state index contributed by atoms with van der Waals surface area (Å²) in [7, 11) is 2.06. The first-order chi connectivity index (χ1) is 13.2. The average molecular weight is 370 g/mol. The van der Waals surface area contributed by atoms with E-state index in [0.717, 1.165) is 64.2 Å². The minimum Gasteiger partial charge on any atom is -0.379 e. The fourth-order valence-corrected chi connectivity index (χ4v) is 4.62. The molecule has 0 N–H and O–H groups in total. The number of carbonyl (C=O) groups excluding carboxylic acids is 1. The maximum atomic E-state index is 13.2. The number of carbonyl (C=O) groups is 1. The molecule has 3 heterocycles. The Morgan fingerprint density at radius 1 is 1.15 bits per heavy atom. The fourth-order valence-electron chi connectivity index (χ4n) is 4.62. The van der Waals surface area contributed by atoms with Crippen molar-refractivity contribution in [3.8, 4) is 0 Å². The van der Waals surface area contributed by atoms with Gasteiger partial charge < -0.3 is 14.2 Å². The van der Waals surface area contributed by atoms with Crippen LogP contribution in [0.4, 0.5) is 0 Å². The lowest BCUT2D eigenvalue weighted by Crippen LogP contribution is -2.46. The average Bonchev–Trinajstić information content (AvgIpc) is 3.03. The number of para-hydroxylation sites is 1. The summed E-state index contributed by atoms with van der Waals surface area (Å²) in [6.45, 7) is 5.72. The zero-order valence-electron chi connectivity index (χ0n) is 16.4. The quantitative estimate of drug-likeness (QED) is 0.813. The molecule has 1 aromatic carbocycles. The molecule has 2 aromatic rings. The topological polar surface area (TPSA) is 37.7 Å². The van der Waals surface area contributed by atoms with Gasteiger partial charge in [-0.05, 0) is 37.3 Å². The Kier molecular flexibility index (Phi) is 5.79. The number of rotatable bonds is 5. The number of amides is 1. The van der Waals surface area contributed by atoms with Crippen LogP contribution in [0.5, 0.6) is 0 Å². The van der Waals surface area contributed by atoms with Gasteiger partial charge in [0.25, 0.3) is 0 Å². The summed E-state index contributed by atoms with van der Waals surface area (Å²) in [4.78, 5) is 17.8. The highest BCUT2D eigenvalue weighted by molar-refractivity contribution is 5.89. The predicted molar refractivity (Wildman–Crippen MR) is 108 cm³/mol. The number of hydrogen-bond donors (Lipinski definition) is 0. The third-order valence-electron chi connectivity index (χ3n) is 6.15. The van der Waals surface area contributed by atoms with E-state index in [1.54, 1.807) is 0 Å². The molecule has 4 rings (SSSR count). The van der Waals surface area contributed by atoms with E-state index in [4.69, 9.17) is 4.74 Å². The van der Waals surface area contributed by atoms with Crippen LogP contribution in [-0.2, 0) is 23.0 Å². The zero-order valence-corrected chi connectivity index (χ0v) is 16.4. The molecule has 2 saturated heterocycles. The van der Waals surface area contributed by atoms with Gasteiger partial charge in [0.2, 0.25) is 5.91 Å². The van der Waals surface area contributed by atoms with Crippen LogP contribution >= 0.6 is 0 Å². The molecule has 5 heteroatoms. The largest absolute Gasteiger partial charge is 0.379 e. The molecule has 0 bridgehead atoms. The van der Waals surface area contributed by atoms with Crippen molar-refractivity contribution in [2.75, 3.05) is 39.4 Å². The lowest BCUT2D eigenvalue weighted by molar-refractivity contribution is -0.134. The number of fused-ring (bicyclic) bond motifs is 1. The molecule has 146 valence electrons. The first kappa shape index (κ1) is 18.5. The number of nitrogens with zero attached hydrogens (tertiary/aromatic N) is 3. The van der Waals surface area contributed by atoms with Gasteiger partial charge in [-0.25, -0.2) is 0 Å². The smallest absolute Gasteiger partial charge is 0.227 e. The van der Waals surface area contributed by atoms with Gasteiger partial charge in [0.15, 0.2) is 0 Å². The van der Waals surface area contributed by atoms with Gasteiger partial charge in [-0.15, -0.1) is 0 Å². The molecule has 1 aromatic heterocycles. The molecular formula is C22H31N3O2. The maximum Gasteiger partial charge on any atom is 0.227 e. The van der Waals surface area contributed by atoms with E-state index in [1.807, 2.05) is 0 Å². The monoisotopic (exact) mass is 369 g/mol. The van der Waals surface area contributed by atoms with Crippen LogP contribution in [0.15, 0.2) is 30.5 Å². The van der Waals surface area contributed by atoms with E-state index in [0.29, 0.717) is 12.5 Å². The minimum absolute atomic E-state index is 0.290. The van der Waals surface area contributed by atoms with E-state index >= 15 is 0 Å². The zero-order chi connectivity index (χ0) is 18.6. The summed E-state index contributed by atoms with van der Waals surface area (Å²) in [5, 5.41) is 1.20. The molecule has 0 spiro atoms. The summed E-state index contributed by atoms with van der Waals surface area (Å²) in [5.41, 5.74) is 2.35. The highest BCUT2D eigenvalue weighted by Gasteiger charge is 2.27. The summed E-state index contributed by atoms with van der Waals surface area (Å²) >= 11 is 0. The molecule has 2 aliphatic rings. The van der Waals surface area contributed by atoms with Crippen molar-refractivity contribution in [3.63, 3.8) is 0 Å². The molecule has 0 saturated carbocycles. The van der Waals surface area contributed by atoms with Crippen LogP contribution in [0, 0.1) is 0 Å². The first-order valence-electron chi connectivity index (χ1n) is 10.3. The number of aryl methyl sites for hydroxylation is 1. The number of benzene rings is 1. The number of likely N-dealkylation sites (tertiary alicyclic amines) is 1. The van der Waals surface area contributed by atoms with Gasteiger partial charge in [0.1, 0.15) is 0 Å². The molecule has 5 nitrogen and oxygen atoms in total. The number of ether oxygens (including phenoxy) is 1. The summed E-state index contributed by atoms with van der Waals surface area (Å²) in [6.07, 6.45) is 7.23. The SMILES string of the molecule is Cn1cc(CC(=O)N2CCCC[C@H]2CCN2CCOCC2)c2ccccc21. The second-order valence-electron chi connectivity index (χ2n) is 7.94. The van der Waals surface area contributed by atoms with Crippen molar-refractivity contribution >= 4 is 16.8 Å². The van der Waals surface area contributed by atoms with Crippen molar-refractivity contribution in [3.05, 3.63) is 36.0 Å². The van der Waals surface area contributed by atoms with Gasteiger partial charge in [0, 0.05) is 56.4 Å². The van der Waals surface area contributed by atoms with Crippen LogP contribution in [0.2, 0.25) is 0 Å². The van der Waals surface area contributed by atoms with E-state index in [2.05, 4.69) is 51.9 Å². The first-order valence-corrected chi connectivity index (χ1v) is 10.3. The van der Waals surface area contributed by atoms with Crippen LogP contribution in [0.25, 0.3) is 10.9 Å². The Labute approximate surface area is 161 Å². The van der Waals surface area contributed by atoms with E-state index in [9.17, 15) is 4.79 Å². The molecule has 27 heavy (non-hydrogen) atoms. The number of morpholine rings is 1. The lowest BCUT2D eigenvalue weighted by Gasteiger charge is -2.37. The van der Waals surface area contributed by atoms with Gasteiger partial charge in [0.05, 0.1) is 19.6 Å². The summed E-state index contributed by atoms with van der Waals surface area (Å²) in [5.74, 6) is 0.290. The fraction of sp³-hybridized carbons (Fsp3) is 0.591. The Morgan fingerprint density at radius 2 is 1.96 bits per heavy atom. The molecule has 0 aliphatic carbocycles. The molecule has 2 aliphatic heterocycles. The molecular weight excluding hydrogens is 338 g/mol. The van der Waals surface area contributed by atoms with Crippen molar-refractivity contribution in [2.24, 2.45) is 7.05 Å². The third kappa shape index (κ3) is 4.19. The summed E-state index contributed by atoms with van der Waals surface area (Å²) in [6, 6.07) is 8.76. The van der Waals surface area contributed by atoms with Crippen molar-refractivity contribution in [2.45, 2.75) is 38.1 Å². The van der Waals surface area contributed by atoms with Gasteiger partial charge in [-0.2, -0.15) is 0 Å². The number of piperidine rings is 1. The van der Waals surface area contributed by atoms with E-state index in [-0.39, 0.29) is 5.91 Å². The van der Waals surface area contributed by atoms with Gasteiger partial charge in [-0.1, -0.05) is 18.2 Å². The highest BCUT2D eigenvalue weighted by Crippen LogP contribution is 2.24. The molecule has 1 amide bonds. The Bertz CT molecular complexity index is 779.